The van der Waals surface area contributed by atoms with Crippen molar-refractivity contribution in [3.8, 4) is 11.4 Å². The summed E-state index contributed by atoms with van der Waals surface area (Å²) in [4.78, 5) is 13.5. The second-order valence-electron chi connectivity index (χ2n) is 4.23. The molecule has 1 aromatic carbocycles. The highest BCUT2D eigenvalue weighted by Crippen LogP contribution is 2.21. The van der Waals surface area contributed by atoms with E-state index in [1.807, 2.05) is 37.3 Å². The molecule has 0 N–H and O–H groups in total. The zero-order valence-corrected chi connectivity index (χ0v) is 12.1. The first kappa shape index (κ1) is 12.2. The summed E-state index contributed by atoms with van der Waals surface area (Å²) >= 11 is 3.42. The van der Waals surface area contributed by atoms with Crippen LogP contribution in [0.15, 0.2) is 47.1 Å². The molecule has 3 rings (SSSR count). The zero-order chi connectivity index (χ0) is 13.2. The maximum atomic E-state index is 4.65. The van der Waals surface area contributed by atoms with Gasteiger partial charge in [-0.25, -0.2) is 15.0 Å². The lowest BCUT2D eigenvalue weighted by atomic mass is 10.2. The van der Waals surface area contributed by atoms with Gasteiger partial charge in [-0.2, -0.15) is 0 Å². The molecule has 19 heavy (non-hydrogen) atoms. The summed E-state index contributed by atoms with van der Waals surface area (Å²) in [6.07, 6.45) is 0.806. The topological polar surface area (TPSA) is 38.7 Å². The molecule has 0 aliphatic heterocycles. The fraction of sp³-hybridized carbons (Fsp3) is 0.133. The van der Waals surface area contributed by atoms with Crippen molar-refractivity contribution in [2.24, 2.45) is 0 Å². The highest BCUT2D eigenvalue weighted by atomic mass is 79.9. The Kier molecular flexibility index (Phi) is 3.25. The molecular weight excluding hydrogens is 302 g/mol. The highest BCUT2D eigenvalue weighted by molar-refractivity contribution is 9.10. The summed E-state index contributed by atoms with van der Waals surface area (Å²) in [7, 11) is 0. The predicted molar refractivity (Wildman–Crippen MR) is 79.8 cm³/mol. The molecule has 0 aliphatic carbocycles. The van der Waals surface area contributed by atoms with Gasteiger partial charge >= 0.3 is 0 Å². The molecule has 0 unspecified atom stereocenters. The Morgan fingerprint density at radius 1 is 0.947 bits per heavy atom. The van der Waals surface area contributed by atoms with Crippen molar-refractivity contribution in [3.63, 3.8) is 0 Å². The number of rotatable bonds is 2. The fourth-order valence-corrected chi connectivity index (χ4v) is 2.38. The molecule has 0 saturated heterocycles. The van der Waals surface area contributed by atoms with Crippen molar-refractivity contribution < 1.29 is 0 Å². The van der Waals surface area contributed by atoms with E-state index in [9.17, 15) is 0 Å². The summed E-state index contributed by atoms with van der Waals surface area (Å²) in [5.74, 6) is 0.819. The second kappa shape index (κ2) is 5.05. The van der Waals surface area contributed by atoms with E-state index in [2.05, 4.69) is 43.0 Å². The van der Waals surface area contributed by atoms with Gasteiger partial charge in [0.2, 0.25) is 0 Å². The maximum Gasteiger partial charge on any atom is 0.130 e. The molecule has 94 valence electrons. The fourth-order valence-electron chi connectivity index (χ4n) is 1.96. The van der Waals surface area contributed by atoms with Crippen LogP contribution in [-0.2, 0) is 6.42 Å². The van der Waals surface area contributed by atoms with Gasteiger partial charge in [0.25, 0.3) is 0 Å². The van der Waals surface area contributed by atoms with E-state index in [1.165, 1.54) is 0 Å². The largest absolute Gasteiger partial charge is 0.246 e. The molecular formula is C15H12BrN3. The molecule has 2 heterocycles. The van der Waals surface area contributed by atoms with Crippen LogP contribution in [-0.4, -0.2) is 15.0 Å². The van der Waals surface area contributed by atoms with Crippen LogP contribution < -0.4 is 0 Å². The minimum absolute atomic E-state index is 0.796. The maximum absolute atomic E-state index is 4.65. The van der Waals surface area contributed by atoms with Crippen LogP contribution in [0.1, 0.15) is 12.7 Å². The smallest absolute Gasteiger partial charge is 0.130 e. The lowest BCUT2D eigenvalue weighted by Gasteiger charge is -2.05. The van der Waals surface area contributed by atoms with Crippen molar-refractivity contribution >= 4 is 26.8 Å². The van der Waals surface area contributed by atoms with E-state index in [1.54, 1.807) is 0 Å². The average Bonchev–Trinajstić information content (AvgIpc) is 2.46. The molecule has 0 aliphatic rings. The van der Waals surface area contributed by atoms with Crippen LogP contribution in [0.5, 0.6) is 0 Å². The summed E-state index contributed by atoms with van der Waals surface area (Å²) in [5.41, 5.74) is 2.70. The molecule has 0 radical (unpaired) electrons. The van der Waals surface area contributed by atoms with Gasteiger partial charge in [0, 0.05) is 11.8 Å². The normalized spacial score (nSPS) is 10.8. The van der Waals surface area contributed by atoms with Crippen molar-refractivity contribution in [3.05, 3.63) is 52.9 Å². The Hall–Kier alpha value is -1.81. The number of aryl methyl sites for hydroxylation is 1. The standard InChI is InChI=1S/C15H12BrN3/c1-2-15-18-13(9-14(16)19-15)12-8-7-10-5-3-4-6-11(10)17-12/h3-9H,2H2,1H3. The molecule has 3 aromatic rings. The van der Waals surface area contributed by atoms with Crippen molar-refractivity contribution in [1.82, 2.24) is 15.0 Å². The monoisotopic (exact) mass is 313 g/mol. The Labute approximate surface area is 119 Å². The Morgan fingerprint density at radius 3 is 2.63 bits per heavy atom. The van der Waals surface area contributed by atoms with E-state index in [4.69, 9.17) is 0 Å². The van der Waals surface area contributed by atoms with Crippen LogP contribution in [0.4, 0.5) is 0 Å². The lowest BCUT2D eigenvalue weighted by molar-refractivity contribution is 0.929. The number of para-hydroxylation sites is 1. The predicted octanol–water partition coefficient (Wildman–Crippen LogP) is 4.02. The molecule has 0 bridgehead atoms. The first-order chi connectivity index (χ1) is 9.26. The molecule has 0 saturated carbocycles. The quantitative estimate of drug-likeness (QED) is 0.671. The van der Waals surface area contributed by atoms with Gasteiger partial charge in [-0.05, 0) is 34.1 Å². The Morgan fingerprint density at radius 2 is 1.79 bits per heavy atom. The number of halogens is 1. The van der Waals surface area contributed by atoms with E-state index in [-0.39, 0.29) is 0 Å². The number of fused-ring (bicyclic) bond motifs is 1. The van der Waals surface area contributed by atoms with Gasteiger partial charge in [-0.3, -0.25) is 0 Å². The van der Waals surface area contributed by atoms with Crippen molar-refractivity contribution in [2.75, 3.05) is 0 Å². The van der Waals surface area contributed by atoms with Gasteiger partial charge in [0.15, 0.2) is 0 Å². The highest BCUT2D eigenvalue weighted by Gasteiger charge is 2.06. The van der Waals surface area contributed by atoms with Crippen LogP contribution in [0, 0.1) is 0 Å². The number of nitrogens with zero attached hydrogens (tertiary/aromatic N) is 3. The molecule has 4 heteroatoms. The van der Waals surface area contributed by atoms with E-state index in [0.717, 1.165) is 39.1 Å². The number of hydrogen-bond acceptors (Lipinski definition) is 3. The third kappa shape index (κ3) is 2.49. The molecule has 3 nitrogen and oxygen atoms in total. The van der Waals surface area contributed by atoms with Gasteiger partial charge in [-0.15, -0.1) is 0 Å². The van der Waals surface area contributed by atoms with Gasteiger partial charge in [0.1, 0.15) is 10.4 Å². The van der Waals surface area contributed by atoms with Crippen LogP contribution in [0.25, 0.3) is 22.3 Å². The van der Waals surface area contributed by atoms with Crippen molar-refractivity contribution in [2.45, 2.75) is 13.3 Å². The average molecular weight is 314 g/mol. The number of aromatic nitrogens is 3. The van der Waals surface area contributed by atoms with E-state index >= 15 is 0 Å². The van der Waals surface area contributed by atoms with Gasteiger partial charge in [0.05, 0.1) is 16.9 Å². The minimum Gasteiger partial charge on any atom is -0.246 e. The third-order valence-electron chi connectivity index (χ3n) is 2.92. The molecule has 0 fully saturated rings. The summed E-state index contributed by atoms with van der Waals surface area (Å²) in [6, 6.07) is 14.0. The lowest BCUT2D eigenvalue weighted by Crippen LogP contribution is -1.97. The SMILES string of the molecule is CCc1nc(Br)cc(-c2ccc3ccccc3n2)n1. The Bertz CT molecular complexity index is 740. The first-order valence-corrected chi connectivity index (χ1v) is 6.95. The van der Waals surface area contributed by atoms with E-state index in [0.29, 0.717) is 0 Å². The van der Waals surface area contributed by atoms with Crippen molar-refractivity contribution in [1.29, 1.82) is 0 Å². The number of pyridine rings is 1. The molecule has 2 aromatic heterocycles. The second-order valence-corrected chi connectivity index (χ2v) is 5.05. The molecule has 0 spiro atoms. The minimum atomic E-state index is 0.796. The molecule has 0 amide bonds. The van der Waals surface area contributed by atoms with Gasteiger partial charge < -0.3 is 0 Å². The van der Waals surface area contributed by atoms with Crippen LogP contribution >= 0.6 is 15.9 Å². The van der Waals surface area contributed by atoms with Gasteiger partial charge in [-0.1, -0.05) is 31.2 Å². The third-order valence-corrected chi connectivity index (χ3v) is 3.32. The zero-order valence-electron chi connectivity index (χ0n) is 10.5. The summed E-state index contributed by atoms with van der Waals surface area (Å²) in [6.45, 7) is 2.04. The number of benzene rings is 1. The van der Waals surface area contributed by atoms with E-state index < -0.39 is 0 Å². The Balaban J connectivity index is 2.15. The summed E-state index contributed by atoms with van der Waals surface area (Å²) in [5, 5.41) is 1.13. The number of hydrogen-bond donors (Lipinski definition) is 0. The van der Waals surface area contributed by atoms with Crippen LogP contribution in [0.3, 0.4) is 0 Å². The first-order valence-electron chi connectivity index (χ1n) is 6.16. The van der Waals surface area contributed by atoms with Crippen LogP contribution in [0.2, 0.25) is 0 Å². The summed E-state index contributed by atoms with van der Waals surface area (Å²) < 4.78 is 0.796. The molecule has 0 atom stereocenters.